The molecule has 114 valence electrons. The first-order valence-electron chi connectivity index (χ1n) is 6.93. The van der Waals surface area contributed by atoms with Gasteiger partial charge in [-0.05, 0) is 31.5 Å². The maximum atomic E-state index is 13.8. The highest BCUT2D eigenvalue weighted by atomic mass is 32.2. The van der Waals surface area contributed by atoms with E-state index in [0.29, 0.717) is 5.69 Å². The van der Waals surface area contributed by atoms with E-state index in [1.807, 2.05) is 6.92 Å². The number of nitrogens with two attached hydrogens (primary N) is 1. The normalized spacial score (nSPS) is 13.2. The summed E-state index contributed by atoms with van der Waals surface area (Å²) in [4.78, 5) is -0.212. The third-order valence-electron chi connectivity index (χ3n) is 3.16. The van der Waals surface area contributed by atoms with Crippen molar-refractivity contribution in [3.63, 3.8) is 0 Å². The van der Waals surface area contributed by atoms with Crippen molar-refractivity contribution >= 4 is 15.7 Å². The number of hydrogen-bond acceptors (Lipinski definition) is 3. The molecule has 0 amide bonds. The van der Waals surface area contributed by atoms with E-state index < -0.39 is 15.8 Å². The standard InChI is InChI=1S/C14H23FN2O2S/c1-3-4-5-6-7-11(2)17-14-9-8-12(10-13(14)15)20(16,18)19/h8-11,17H,3-7H2,1-2H3,(H2,16,18,19). The van der Waals surface area contributed by atoms with E-state index >= 15 is 0 Å². The second-order valence-electron chi connectivity index (χ2n) is 5.08. The summed E-state index contributed by atoms with van der Waals surface area (Å²) < 4.78 is 36.0. The Morgan fingerprint density at radius 2 is 2.00 bits per heavy atom. The van der Waals surface area contributed by atoms with Gasteiger partial charge >= 0.3 is 0 Å². The molecule has 1 rings (SSSR count). The molecule has 0 radical (unpaired) electrons. The van der Waals surface area contributed by atoms with E-state index in [0.717, 1.165) is 18.9 Å². The predicted molar refractivity (Wildman–Crippen MR) is 79.6 cm³/mol. The molecule has 3 N–H and O–H groups in total. The molecule has 1 atom stereocenters. The Hall–Kier alpha value is -1.14. The Morgan fingerprint density at radius 3 is 2.55 bits per heavy atom. The van der Waals surface area contributed by atoms with Crippen molar-refractivity contribution in [2.45, 2.75) is 56.9 Å². The quantitative estimate of drug-likeness (QED) is 0.724. The van der Waals surface area contributed by atoms with Crippen LogP contribution >= 0.6 is 0 Å². The van der Waals surface area contributed by atoms with Gasteiger partial charge in [0.2, 0.25) is 10.0 Å². The van der Waals surface area contributed by atoms with E-state index in [1.165, 1.54) is 31.4 Å². The van der Waals surface area contributed by atoms with Gasteiger partial charge in [0.1, 0.15) is 5.82 Å². The highest BCUT2D eigenvalue weighted by molar-refractivity contribution is 7.89. The summed E-state index contributed by atoms with van der Waals surface area (Å²) in [6.07, 6.45) is 5.63. The third-order valence-corrected chi connectivity index (χ3v) is 4.07. The Kier molecular flexibility index (Phi) is 6.42. The maximum absolute atomic E-state index is 13.8. The van der Waals surface area contributed by atoms with Gasteiger partial charge in [-0.2, -0.15) is 0 Å². The van der Waals surface area contributed by atoms with Gasteiger partial charge < -0.3 is 5.32 Å². The van der Waals surface area contributed by atoms with Crippen LogP contribution in [0.4, 0.5) is 10.1 Å². The average molecular weight is 302 g/mol. The molecule has 0 spiro atoms. The van der Waals surface area contributed by atoms with Crippen LogP contribution in [0.3, 0.4) is 0 Å². The summed E-state index contributed by atoms with van der Waals surface area (Å²) in [5.74, 6) is -0.600. The number of unbranched alkanes of at least 4 members (excludes halogenated alkanes) is 3. The second-order valence-corrected chi connectivity index (χ2v) is 6.64. The Balaban J connectivity index is 2.60. The second kappa shape index (κ2) is 7.59. The lowest BCUT2D eigenvalue weighted by Gasteiger charge is -2.16. The molecule has 0 aliphatic carbocycles. The topological polar surface area (TPSA) is 72.2 Å². The molecule has 1 unspecified atom stereocenters. The smallest absolute Gasteiger partial charge is 0.238 e. The minimum atomic E-state index is -3.86. The molecule has 0 fully saturated rings. The molecule has 0 bridgehead atoms. The number of hydrogen-bond donors (Lipinski definition) is 2. The third kappa shape index (κ3) is 5.46. The zero-order chi connectivity index (χ0) is 15.2. The van der Waals surface area contributed by atoms with Crippen LogP contribution in [0.25, 0.3) is 0 Å². The number of anilines is 1. The fraction of sp³-hybridized carbons (Fsp3) is 0.571. The van der Waals surface area contributed by atoms with Crippen molar-refractivity contribution in [2.75, 3.05) is 5.32 Å². The fourth-order valence-corrected chi connectivity index (χ4v) is 2.53. The minimum absolute atomic E-state index is 0.140. The molecule has 1 aromatic rings. The van der Waals surface area contributed by atoms with Gasteiger partial charge in [0.25, 0.3) is 0 Å². The summed E-state index contributed by atoms with van der Waals surface area (Å²) >= 11 is 0. The number of halogens is 1. The van der Waals surface area contributed by atoms with Crippen LogP contribution in [-0.2, 0) is 10.0 Å². The number of sulfonamides is 1. The fourth-order valence-electron chi connectivity index (χ4n) is 2.00. The molecule has 6 heteroatoms. The van der Waals surface area contributed by atoms with Crippen LogP contribution in [0.5, 0.6) is 0 Å². The van der Waals surface area contributed by atoms with E-state index in [2.05, 4.69) is 12.2 Å². The maximum Gasteiger partial charge on any atom is 0.238 e. The van der Waals surface area contributed by atoms with Crippen molar-refractivity contribution < 1.29 is 12.8 Å². The van der Waals surface area contributed by atoms with E-state index in [4.69, 9.17) is 5.14 Å². The van der Waals surface area contributed by atoms with Crippen LogP contribution in [-0.4, -0.2) is 14.5 Å². The van der Waals surface area contributed by atoms with E-state index in [9.17, 15) is 12.8 Å². The van der Waals surface area contributed by atoms with Crippen LogP contribution in [0.1, 0.15) is 46.0 Å². The summed E-state index contributed by atoms with van der Waals surface area (Å²) in [5.41, 5.74) is 0.306. The lowest BCUT2D eigenvalue weighted by molar-refractivity contribution is 0.582. The van der Waals surface area contributed by atoms with Crippen LogP contribution in [0, 0.1) is 5.82 Å². The first kappa shape index (κ1) is 16.9. The molecular weight excluding hydrogens is 279 g/mol. The molecule has 4 nitrogen and oxygen atoms in total. The van der Waals surface area contributed by atoms with Crippen molar-refractivity contribution in [1.82, 2.24) is 0 Å². The van der Waals surface area contributed by atoms with Gasteiger partial charge in [0.05, 0.1) is 10.6 Å². The Bertz CT molecular complexity index is 532. The lowest BCUT2D eigenvalue weighted by atomic mass is 10.1. The average Bonchev–Trinajstić information content (AvgIpc) is 2.36. The van der Waals surface area contributed by atoms with Gasteiger partial charge in [-0.3, -0.25) is 0 Å². The van der Waals surface area contributed by atoms with Gasteiger partial charge in [0.15, 0.2) is 0 Å². The van der Waals surface area contributed by atoms with Crippen LogP contribution in [0.15, 0.2) is 23.1 Å². The lowest BCUT2D eigenvalue weighted by Crippen LogP contribution is -2.17. The largest absolute Gasteiger partial charge is 0.380 e. The first-order chi connectivity index (χ1) is 9.34. The minimum Gasteiger partial charge on any atom is -0.380 e. The van der Waals surface area contributed by atoms with Gasteiger partial charge in [-0.1, -0.05) is 32.6 Å². The number of primary sulfonamides is 1. The molecular formula is C14H23FN2O2S. The molecule has 0 heterocycles. The highest BCUT2D eigenvalue weighted by Gasteiger charge is 2.12. The molecule has 0 saturated heterocycles. The van der Waals surface area contributed by atoms with Crippen LogP contribution in [0.2, 0.25) is 0 Å². The van der Waals surface area contributed by atoms with Crippen molar-refractivity contribution in [3.05, 3.63) is 24.0 Å². The molecule has 20 heavy (non-hydrogen) atoms. The van der Waals surface area contributed by atoms with Crippen molar-refractivity contribution in [2.24, 2.45) is 5.14 Å². The first-order valence-corrected chi connectivity index (χ1v) is 8.48. The number of rotatable bonds is 8. The van der Waals surface area contributed by atoms with Gasteiger partial charge in [0, 0.05) is 6.04 Å². The number of nitrogens with one attached hydrogen (secondary N) is 1. The molecule has 1 aromatic carbocycles. The summed E-state index contributed by atoms with van der Waals surface area (Å²) in [6, 6.07) is 3.81. The molecule has 0 saturated carbocycles. The highest BCUT2D eigenvalue weighted by Crippen LogP contribution is 2.20. The van der Waals surface area contributed by atoms with Crippen LogP contribution < -0.4 is 10.5 Å². The Labute approximate surface area is 120 Å². The van der Waals surface area contributed by atoms with Crippen molar-refractivity contribution in [3.8, 4) is 0 Å². The summed E-state index contributed by atoms with van der Waals surface area (Å²) in [6.45, 7) is 4.14. The van der Waals surface area contributed by atoms with Gasteiger partial charge in [-0.15, -0.1) is 0 Å². The molecule has 0 aliphatic heterocycles. The molecule has 0 aromatic heterocycles. The summed E-state index contributed by atoms with van der Waals surface area (Å²) in [5, 5.41) is 8.01. The van der Waals surface area contributed by atoms with E-state index in [1.54, 1.807) is 0 Å². The molecule has 0 aliphatic rings. The van der Waals surface area contributed by atoms with E-state index in [-0.39, 0.29) is 10.9 Å². The monoisotopic (exact) mass is 302 g/mol. The van der Waals surface area contributed by atoms with Crippen molar-refractivity contribution in [1.29, 1.82) is 0 Å². The predicted octanol–water partition coefficient (Wildman–Crippen LogP) is 3.24. The zero-order valence-electron chi connectivity index (χ0n) is 12.0. The zero-order valence-corrected chi connectivity index (χ0v) is 12.8. The van der Waals surface area contributed by atoms with Gasteiger partial charge in [-0.25, -0.2) is 17.9 Å². The summed E-state index contributed by atoms with van der Waals surface area (Å²) in [7, 11) is -3.86. The SMILES string of the molecule is CCCCCCC(C)Nc1ccc(S(N)(=O)=O)cc1F. The number of benzene rings is 1. The Morgan fingerprint density at radius 1 is 1.30 bits per heavy atom.